The molecule has 0 aromatic heterocycles. The number of aliphatic hydroxyl groups is 1. The molecule has 234 valence electrons. The lowest BCUT2D eigenvalue weighted by Gasteiger charge is -2.31. The predicted octanol–water partition coefficient (Wildman–Crippen LogP) is 6.60. The second-order valence-electron chi connectivity index (χ2n) is 11.5. The largest absolute Gasteiger partial charge is 0.494 e. The summed E-state index contributed by atoms with van der Waals surface area (Å²) in [4.78, 5) is 32.2. The summed E-state index contributed by atoms with van der Waals surface area (Å²) in [5.74, 6) is 0.113. The predicted molar refractivity (Wildman–Crippen MR) is 174 cm³/mol. The molecule has 1 aliphatic heterocycles. The zero-order chi connectivity index (χ0) is 31.7. The van der Waals surface area contributed by atoms with Crippen LogP contribution in [0, 0.1) is 0 Å². The van der Waals surface area contributed by atoms with E-state index in [2.05, 4.69) is 21.2 Å². The first-order valence-electron chi connectivity index (χ1n) is 14.6. The number of halogens is 2. The lowest BCUT2D eigenvalue weighted by Crippen LogP contribution is -2.49. The maximum absolute atomic E-state index is 14.3. The molecule has 8 nitrogen and oxygen atoms in total. The molecule has 0 radical (unpaired) electrons. The van der Waals surface area contributed by atoms with E-state index >= 15 is 0 Å². The monoisotopic (exact) mass is 684 g/mol. The third kappa shape index (κ3) is 8.61. The van der Waals surface area contributed by atoms with Crippen molar-refractivity contribution in [3.05, 3.63) is 99.0 Å². The van der Waals surface area contributed by atoms with Crippen LogP contribution in [0.25, 0.3) is 0 Å². The summed E-state index contributed by atoms with van der Waals surface area (Å²) >= 11 is 9.98. The van der Waals surface area contributed by atoms with Gasteiger partial charge in [-0.15, -0.1) is 0 Å². The molecule has 0 unspecified atom stereocenters. The van der Waals surface area contributed by atoms with Gasteiger partial charge in [0, 0.05) is 46.6 Å². The van der Waals surface area contributed by atoms with Crippen LogP contribution in [0.2, 0.25) is 5.02 Å². The van der Waals surface area contributed by atoms with E-state index in [0.29, 0.717) is 42.3 Å². The number of aliphatic hydroxyl groups excluding tert-OH is 1. The first-order valence-corrected chi connectivity index (χ1v) is 15.8. The highest BCUT2D eigenvalue weighted by molar-refractivity contribution is 9.10. The van der Waals surface area contributed by atoms with Crippen molar-refractivity contribution in [3.63, 3.8) is 0 Å². The molecule has 1 aliphatic rings. The molecule has 44 heavy (non-hydrogen) atoms. The van der Waals surface area contributed by atoms with Gasteiger partial charge in [0.1, 0.15) is 11.4 Å². The molecule has 0 bridgehead atoms. The van der Waals surface area contributed by atoms with Crippen molar-refractivity contribution < 1.29 is 28.9 Å². The molecular formula is C34H38BrClN2O6. The maximum atomic E-state index is 14.3. The molecule has 0 saturated heterocycles. The highest BCUT2D eigenvalue weighted by Gasteiger charge is 2.53. The van der Waals surface area contributed by atoms with Crippen molar-refractivity contribution in [1.82, 2.24) is 5.32 Å². The van der Waals surface area contributed by atoms with E-state index in [1.165, 1.54) is 0 Å². The van der Waals surface area contributed by atoms with E-state index in [9.17, 15) is 9.59 Å². The summed E-state index contributed by atoms with van der Waals surface area (Å²) in [6, 6.07) is 22.2. The van der Waals surface area contributed by atoms with Gasteiger partial charge >= 0.3 is 5.97 Å². The fraction of sp³-hybridized carbons (Fsp3) is 0.382. The number of amides is 1. The van der Waals surface area contributed by atoms with E-state index in [0.717, 1.165) is 15.6 Å². The Bertz CT molecular complexity index is 1470. The van der Waals surface area contributed by atoms with Crippen molar-refractivity contribution in [3.8, 4) is 5.75 Å². The molecule has 2 atom stereocenters. The van der Waals surface area contributed by atoms with Gasteiger partial charge in [-0.3, -0.25) is 9.59 Å². The molecule has 10 heteroatoms. The Morgan fingerprint density at radius 1 is 1.07 bits per heavy atom. The van der Waals surface area contributed by atoms with Gasteiger partial charge in [0.2, 0.25) is 5.90 Å². The fourth-order valence-corrected chi connectivity index (χ4v) is 5.61. The Labute approximate surface area is 271 Å². The van der Waals surface area contributed by atoms with Crippen LogP contribution in [0.3, 0.4) is 0 Å². The number of aliphatic imine (C=N–C) groups is 1. The molecule has 3 aromatic rings. The molecule has 0 saturated carbocycles. The maximum Gasteiger partial charge on any atom is 0.306 e. The van der Waals surface area contributed by atoms with Crippen LogP contribution in [0.1, 0.15) is 62.8 Å². The number of hydrogen-bond acceptors (Lipinski definition) is 7. The highest BCUT2D eigenvalue weighted by Crippen LogP contribution is 2.45. The lowest BCUT2D eigenvalue weighted by molar-refractivity contribution is -0.155. The first kappa shape index (κ1) is 33.5. The van der Waals surface area contributed by atoms with Gasteiger partial charge in [0.05, 0.1) is 6.61 Å². The number of ether oxygens (including phenoxy) is 3. The van der Waals surface area contributed by atoms with Crippen LogP contribution in [0.4, 0.5) is 0 Å². The first-order chi connectivity index (χ1) is 21.0. The van der Waals surface area contributed by atoms with Crippen LogP contribution < -0.4 is 10.1 Å². The number of rotatable bonds is 13. The average molecular weight is 686 g/mol. The van der Waals surface area contributed by atoms with Gasteiger partial charge < -0.3 is 24.6 Å². The van der Waals surface area contributed by atoms with Crippen LogP contribution in [0.15, 0.2) is 82.3 Å². The van der Waals surface area contributed by atoms with Gasteiger partial charge in [0.15, 0.2) is 11.6 Å². The molecule has 0 fully saturated rings. The number of hydrogen-bond donors (Lipinski definition) is 2. The number of nitrogens with one attached hydrogen (secondary N) is 1. The zero-order valence-corrected chi connectivity index (χ0v) is 27.5. The molecule has 1 amide bonds. The Morgan fingerprint density at radius 3 is 2.45 bits per heavy atom. The topological polar surface area (TPSA) is 106 Å². The quantitative estimate of drug-likeness (QED) is 0.155. The number of esters is 1. The van der Waals surface area contributed by atoms with E-state index in [-0.39, 0.29) is 31.3 Å². The Morgan fingerprint density at radius 2 is 1.77 bits per heavy atom. The van der Waals surface area contributed by atoms with Crippen LogP contribution in [-0.2, 0) is 25.5 Å². The molecule has 1 heterocycles. The Hall–Kier alpha value is -3.40. The van der Waals surface area contributed by atoms with Gasteiger partial charge in [-0.1, -0.05) is 63.9 Å². The van der Waals surface area contributed by atoms with Crippen LogP contribution in [0.5, 0.6) is 5.75 Å². The van der Waals surface area contributed by atoms with Gasteiger partial charge in [-0.2, -0.15) is 0 Å². The summed E-state index contributed by atoms with van der Waals surface area (Å²) in [6.45, 7) is 6.16. The molecular weight excluding hydrogens is 648 g/mol. The van der Waals surface area contributed by atoms with Crippen LogP contribution in [-0.4, -0.2) is 53.8 Å². The van der Waals surface area contributed by atoms with Crippen molar-refractivity contribution >= 4 is 45.3 Å². The number of carbonyl (C=O) groups excluding carboxylic acids is 2. The van der Waals surface area contributed by atoms with Crippen molar-refractivity contribution in [1.29, 1.82) is 0 Å². The zero-order valence-electron chi connectivity index (χ0n) is 25.1. The minimum absolute atomic E-state index is 0.0466. The standard InChI is InChI=1S/C34H38BrClN2O6/c1-33(2,3)44-29(40)17-19-34(32(41)37-20-18-23-9-4-7-12-28(23)36)30(26-10-5-6-11-27(26)35)43-31(38-34)24-13-15-25(16-14-24)42-22-8-21-39/h4-7,9-16,30,39H,8,17-22H2,1-3H3,(H,37,41)/t30-,34-/m1/s1. The Kier molecular flexibility index (Phi) is 11.5. The number of carbonyl (C=O) groups is 2. The number of benzene rings is 3. The minimum atomic E-state index is -1.48. The molecule has 2 N–H and O–H groups in total. The number of nitrogens with zero attached hydrogens (tertiary/aromatic N) is 1. The fourth-order valence-electron chi connectivity index (χ4n) is 4.89. The second-order valence-corrected chi connectivity index (χ2v) is 12.8. The summed E-state index contributed by atoms with van der Waals surface area (Å²) in [5.41, 5.74) is 0.130. The molecule has 4 rings (SSSR count). The molecule has 3 aromatic carbocycles. The lowest BCUT2D eigenvalue weighted by atomic mass is 9.83. The highest BCUT2D eigenvalue weighted by atomic mass is 79.9. The summed E-state index contributed by atoms with van der Waals surface area (Å²) in [6.07, 6.45) is 0.210. The summed E-state index contributed by atoms with van der Waals surface area (Å²) in [7, 11) is 0. The van der Waals surface area contributed by atoms with E-state index in [1.54, 1.807) is 32.9 Å². The van der Waals surface area contributed by atoms with Crippen molar-refractivity contribution in [2.45, 2.75) is 63.7 Å². The normalized spacial score (nSPS) is 17.9. The smallest absolute Gasteiger partial charge is 0.306 e. The second kappa shape index (κ2) is 15.1. The SMILES string of the molecule is CC(C)(C)OC(=O)CC[C@@]1(C(=O)NCCc2ccccc2Cl)N=C(c2ccc(OCCCO)cc2)O[C@@H]1c1ccccc1Br. The average Bonchev–Trinajstić information content (AvgIpc) is 3.37. The van der Waals surface area contributed by atoms with Crippen LogP contribution >= 0.6 is 27.5 Å². The van der Waals surface area contributed by atoms with Crippen molar-refractivity contribution in [2.24, 2.45) is 4.99 Å². The van der Waals surface area contributed by atoms with E-state index < -0.39 is 23.2 Å². The third-order valence-electron chi connectivity index (χ3n) is 6.99. The Balaban J connectivity index is 1.69. The van der Waals surface area contributed by atoms with Gasteiger partial charge in [-0.05, 0) is 75.6 Å². The minimum Gasteiger partial charge on any atom is -0.494 e. The van der Waals surface area contributed by atoms with E-state index in [4.69, 9.17) is 35.9 Å². The summed E-state index contributed by atoms with van der Waals surface area (Å²) in [5, 5.41) is 12.7. The van der Waals surface area contributed by atoms with Gasteiger partial charge in [-0.25, -0.2) is 4.99 Å². The van der Waals surface area contributed by atoms with Gasteiger partial charge in [0.25, 0.3) is 5.91 Å². The van der Waals surface area contributed by atoms with Crippen molar-refractivity contribution in [2.75, 3.05) is 19.8 Å². The molecule has 0 spiro atoms. The summed E-state index contributed by atoms with van der Waals surface area (Å²) < 4.78 is 18.5. The molecule has 0 aliphatic carbocycles. The van der Waals surface area contributed by atoms with E-state index in [1.807, 2.05) is 60.7 Å². The third-order valence-corrected chi connectivity index (χ3v) is 8.08.